The Hall–Kier alpha value is -1.18. The molecule has 1 aliphatic rings. The number of epoxide rings is 1. The van der Waals surface area contributed by atoms with Gasteiger partial charge in [0, 0.05) is 12.8 Å². The minimum absolute atomic E-state index is 0.112. The molecule has 1 fully saturated rings. The van der Waals surface area contributed by atoms with Crippen molar-refractivity contribution in [3.63, 3.8) is 0 Å². The number of ether oxygens (including phenoxy) is 3. The molecule has 366 valence electrons. The van der Waals surface area contributed by atoms with Gasteiger partial charge in [-0.2, -0.15) is 0 Å². The predicted molar refractivity (Wildman–Crippen MR) is 243 cm³/mol. The molecule has 1 aliphatic heterocycles. The number of hydrogen-bond donors (Lipinski definition) is 4. The van der Waals surface area contributed by atoms with E-state index in [1.807, 2.05) is 0 Å². The Morgan fingerprint density at radius 1 is 0.597 bits per heavy atom. The first-order valence-corrected chi connectivity index (χ1v) is 27.4. The van der Waals surface area contributed by atoms with Gasteiger partial charge in [-0.05, 0) is 44.4 Å². The molecule has 14 nitrogen and oxygen atoms in total. The second-order valence-corrected chi connectivity index (χ2v) is 20.3. The molecule has 1 heterocycles. The highest BCUT2D eigenvalue weighted by molar-refractivity contribution is 7.47. The second-order valence-electron chi connectivity index (χ2n) is 17.6. The van der Waals surface area contributed by atoms with Crippen LogP contribution < -0.4 is 0 Å². The summed E-state index contributed by atoms with van der Waals surface area (Å²) in [6.45, 7) is 4.09. The minimum Gasteiger partial charge on any atom is -0.462 e. The van der Waals surface area contributed by atoms with Crippen molar-refractivity contribution in [2.75, 3.05) is 26.4 Å². The summed E-state index contributed by atoms with van der Waals surface area (Å²) in [5, 5.41) is 9.77. The third kappa shape index (κ3) is 39.2. The molecule has 1 rings (SSSR count). The van der Waals surface area contributed by atoms with Gasteiger partial charge in [-0.3, -0.25) is 23.2 Å². The number of allylic oxidation sites excluding steroid dienone is 1. The van der Waals surface area contributed by atoms with Gasteiger partial charge in [-0.25, -0.2) is 9.13 Å². The number of rotatable bonds is 45. The van der Waals surface area contributed by atoms with Gasteiger partial charge in [0.05, 0.1) is 32.0 Å². The van der Waals surface area contributed by atoms with Crippen LogP contribution >= 0.6 is 15.6 Å². The third-order valence-corrected chi connectivity index (χ3v) is 12.4. The SMILES string of the molecule is CCCCC/C=C\CC1OC1CCCCCCCC(=O)O[C@H](COC(=O)CCCCCCCCCCCCCCCCCCC(C)C)COP(=O)(O)OC[C@@H](O)COP(=O)(O)O. The molecule has 0 aromatic carbocycles. The quantitative estimate of drug-likeness (QED) is 0.0147. The minimum atomic E-state index is -4.87. The average Bonchev–Trinajstić information content (AvgIpc) is 3.98. The van der Waals surface area contributed by atoms with Gasteiger partial charge in [0.1, 0.15) is 12.7 Å². The van der Waals surface area contributed by atoms with E-state index in [2.05, 4.69) is 37.4 Å². The summed E-state index contributed by atoms with van der Waals surface area (Å²) in [6.07, 6.45) is 35.0. The van der Waals surface area contributed by atoms with Crippen LogP contribution in [0.2, 0.25) is 0 Å². The van der Waals surface area contributed by atoms with Crippen LogP contribution in [0.15, 0.2) is 12.2 Å². The summed E-state index contributed by atoms with van der Waals surface area (Å²) in [5.74, 6) is -0.219. The van der Waals surface area contributed by atoms with Gasteiger partial charge in [-0.1, -0.05) is 174 Å². The van der Waals surface area contributed by atoms with E-state index < -0.39 is 59.6 Å². The smallest absolute Gasteiger partial charge is 0.462 e. The second kappa shape index (κ2) is 38.0. The van der Waals surface area contributed by atoms with E-state index in [0.29, 0.717) is 25.0 Å². The molecule has 0 saturated carbocycles. The van der Waals surface area contributed by atoms with Crippen LogP contribution in [-0.4, -0.2) is 82.6 Å². The number of carbonyl (C=O) groups is 2. The molecule has 0 amide bonds. The number of carbonyl (C=O) groups excluding carboxylic acids is 2. The Labute approximate surface area is 375 Å². The Kier molecular flexibility index (Phi) is 36.0. The van der Waals surface area contributed by atoms with Gasteiger partial charge in [0.2, 0.25) is 0 Å². The fourth-order valence-corrected chi connectivity index (χ4v) is 8.34. The van der Waals surface area contributed by atoms with E-state index in [0.717, 1.165) is 70.1 Å². The van der Waals surface area contributed by atoms with Crippen molar-refractivity contribution in [3.8, 4) is 0 Å². The van der Waals surface area contributed by atoms with Crippen LogP contribution in [0.4, 0.5) is 0 Å². The van der Waals surface area contributed by atoms with E-state index in [4.69, 9.17) is 33.0 Å². The predicted octanol–water partition coefficient (Wildman–Crippen LogP) is 11.7. The maximum atomic E-state index is 12.7. The number of phosphoric ester groups is 2. The zero-order valence-corrected chi connectivity index (χ0v) is 40.6. The maximum absolute atomic E-state index is 12.7. The fraction of sp³-hybridized carbons (Fsp3) is 0.913. The summed E-state index contributed by atoms with van der Waals surface area (Å²) >= 11 is 0. The molecular weight excluding hydrogens is 838 g/mol. The van der Waals surface area contributed by atoms with E-state index >= 15 is 0 Å². The molecule has 0 aromatic rings. The lowest BCUT2D eigenvalue weighted by Crippen LogP contribution is -2.30. The number of esters is 2. The zero-order chi connectivity index (χ0) is 45.7. The van der Waals surface area contributed by atoms with Crippen LogP contribution in [0.3, 0.4) is 0 Å². The highest BCUT2D eigenvalue weighted by Gasteiger charge is 2.36. The van der Waals surface area contributed by atoms with Gasteiger partial charge >= 0.3 is 27.6 Å². The molecule has 0 aromatic heterocycles. The number of aliphatic hydroxyl groups is 1. The summed E-state index contributed by atoms with van der Waals surface area (Å²) in [7, 11) is -9.68. The molecule has 4 N–H and O–H groups in total. The normalized spacial score (nSPS) is 17.4. The number of unbranched alkanes of at least 4 members (excludes halogenated alkanes) is 22. The molecule has 3 unspecified atom stereocenters. The first kappa shape index (κ1) is 58.8. The lowest BCUT2D eigenvalue weighted by molar-refractivity contribution is -0.161. The molecule has 0 aliphatic carbocycles. The van der Waals surface area contributed by atoms with Gasteiger partial charge in [0.15, 0.2) is 6.10 Å². The molecule has 0 bridgehead atoms. The fourth-order valence-electron chi connectivity index (χ4n) is 7.19. The van der Waals surface area contributed by atoms with E-state index in [1.54, 1.807) is 0 Å². The number of phosphoric acid groups is 2. The van der Waals surface area contributed by atoms with Gasteiger partial charge < -0.3 is 34.0 Å². The van der Waals surface area contributed by atoms with E-state index in [-0.39, 0.29) is 19.4 Å². The standard InChI is InChI=1S/C46H88O14P2/c1-4-5-6-7-22-27-32-43-44(60-43)33-28-23-20-25-30-35-46(49)59-42(39-58-62(53,54)57-37-41(47)36-56-61(50,51)52)38-55-45(48)34-29-24-19-17-15-13-11-9-8-10-12-14-16-18-21-26-31-40(2)3/h22,27,40-44,47H,4-21,23-26,28-39H2,1-3H3,(H,53,54)(H2,50,51,52)/b27-22-/t41-,42+,43?,44?/m0/s1. The van der Waals surface area contributed by atoms with Gasteiger partial charge in [0.25, 0.3) is 0 Å². The number of hydrogen-bond acceptors (Lipinski definition) is 11. The molecule has 62 heavy (non-hydrogen) atoms. The van der Waals surface area contributed by atoms with Crippen molar-refractivity contribution in [2.24, 2.45) is 5.92 Å². The Morgan fingerprint density at radius 2 is 1.10 bits per heavy atom. The molecule has 1 saturated heterocycles. The maximum Gasteiger partial charge on any atom is 0.472 e. The molecular formula is C46H88O14P2. The summed E-state index contributed by atoms with van der Waals surface area (Å²) < 4.78 is 53.7. The first-order chi connectivity index (χ1) is 29.7. The van der Waals surface area contributed by atoms with Crippen molar-refractivity contribution >= 4 is 27.6 Å². The monoisotopic (exact) mass is 927 g/mol. The van der Waals surface area contributed by atoms with Crippen LogP contribution in [0, 0.1) is 5.92 Å². The summed E-state index contributed by atoms with van der Waals surface area (Å²) in [6, 6.07) is 0. The van der Waals surface area contributed by atoms with Crippen LogP contribution in [-0.2, 0) is 46.5 Å². The summed E-state index contributed by atoms with van der Waals surface area (Å²) in [4.78, 5) is 52.9. The van der Waals surface area contributed by atoms with Crippen LogP contribution in [0.25, 0.3) is 0 Å². The molecule has 0 radical (unpaired) electrons. The van der Waals surface area contributed by atoms with Crippen molar-refractivity contribution in [1.29, 1.82) is 0 Å². The lowest BCUT2D eigenvalue weighted by Gasteiger charge is -2.20. The van der Waals surface area contributed by atoms with Crippen molar-refractivity contribution in [1.82, 2.24) is 0 Å². The number of aliphatic hydroxyl groups excluding tert-OH is 1. The van der Waals surface area contributed by atoms with Crippen LogP contribution in [0.1, 0.15) is 213 Å². The topological polar surface area (TPSA) is 208 Å². The van der Waals surface area contributed by atoms with Crippen LogP contribution in [0.5, 0.6) is 0 Å². The largest absolute Gasteiger partial charge is 0.472 e. The van der Waals surface area contributed by atoms with Crippen molar-refractivity contribution in [2.45, 2.75) is 238 Å². The molecule has 16 heteroatoms. The third-order valence-electron chi connectivity index (χ3n) is 11.0. The van der Waals surface area contributed by atoms with Crippen molar-refractivity contribution in [3.05, 3.63) is 12.2 Å². The van der Waals surface area contributed by atoms with Crippen molar-refractivity contribution < 1.29 is 66.3 Å². The molecule has 5 atom stereocenters. The Bertz CT molecular complexity index is 1230. The molecule has 0 spiro atoms. The Morgan fingerprint density at radius 3 is 1.65 bits per heavy atom. The summed E-state index contributed by atoms with van der Waals surface area (Å²) in [5.41, 5.74) is 0. The highest BCUT2D eigenvalue weighted by atomic mass is 31.2. The van der Waals surface area contributed by atoms with E-state index in [9.17, 15) is 28.7 Å². The Balaban J connectivity index is 2.30. The zero-order valence-electron chi connectivity index (χ0n) is 38.8. The highest BCUT2D eigenvalue weighted by Crippen LogP contribution is 2.44. The van der Waals surface area contributed by atoms with E-state index in [1.165, 1.54) is 103 Å². The lowest BCUT2D eigenvalue weighted by atomic mass is 10.0. The first-order valence-electron chi connectivity index (χ1n) is 24.4. The van der Waals surface area contributed by atoms with Gasteiger partial charge in [-0.15, -0.1) is 0 Å². The average molecular weight is 927 g/mol.